The Hall–Kier alpha value is -1.84. The van der Waals surface area contributed by atoms with Gasteiger partial charge in [0.15, 0.2) is 0 Å². The van der Waals surface area contributed by atoms with E-state index >= 15 is 0 Å². The summed E-state index contributed by atoms with van der Waals surface area (Å²) in [6.07, 6.45) is 6.34. The van der Waals surface area contributed by atoms with Crippen molar-refractivity contribution in [2.45, 2.75) is 51.5 Å². The maximum Gasteiger partial charge on any atom is 0.224 e. The van der Waals surface area contributed by atoms with Gasteiger partial charge in [-0.3, -0.25) is 9.59 Å². The van der Waals surface area contributed by atoms with E-state index in [1.54, 1.807) is 11.9 Å². The molecule has 0 bridgehead atoms. The Morgan fingerprint density at radius 2 is 1.76 bits per heavy atom. The highest BCUT2D eigenvalue weighted by atomic mass is 16.2. The SMILES string of the molecule is CC(=O)N(C)c1ccc(CC(=O)NC2CCCCC2)cc1. The lowest BCUT2D eigenvalue weighted by Crippen LogP contribution is -2.37. The van der Waals surface area contributed by atoms with Crippen LogP contribution in [-0.2, 0) is 16.0 Å². The molecule has 1 aliphatic rings. The van der Waals surface area contributed by atoms with Gasteiger partial charge in [0.05, 0.1) is 6.42 Å². The molecule has 0 radical (unpaired) electrons. The summed E-state index contributed by atoms with van der Waals surface area (Å²) in [6, 6.07) is 7.94. The van der Waals surface area contributed by atoms with E-state index in [1.807, 2.05) is 24.3 Å². The lowest BCUT2D eigenvalue weighted by molar-refractivity contribution is -0.121. The summed E-state index contributed by atoms with van der Waals surface area (Å²) in [5.74, 6) is 0.0902. The summed E-state index contributed by atoms with van der Waals surface area (Å²) in [4.78, 5) is 24.9. The highest BCUT2D eigenvalue weighted by Crippen LogP contribution is 2.18. The zero-order chi connectivity index (χ0) is 15.2. The van der Waals surface area contributed by atoms with E-state index in [0.29, 0.717) is 12.5 Å². The fraction of sp³-hybridized carbons (Fsp3) is 0.529. The highest BCUT2D eigenvalue weighted by Gasteiger charge is 2.15. The lowest BCUT2D eigenvalue weighted by atomic mass is 9.95. The standard InChI is InChI=1S/C17H24N2O2/c1-13(20)19(2)16-10-8-14(9-11-16)12-17(21)18-15-6-4-3-5-7-15/h8-11,15H,3-7,12H2,1-2H3,(H,18,21). The van der Waals surface area contributed by atoms with E-state index in [0.717, 1.165) is 24.1 Å². The number of rotatable bonds is 4. The molecule has 1 fully saturated rings. The molecule has 4 nitrogen and oxygen atoms in total. The van der Waals surface area contributed by atoms with E-state index in [9.17, 15) is 9.59 Å². The normalized spacial score (nSPS) is 15.5. The van der Waals surface area contributed by atoms with Crippen molar-refractivity contribution in [2.75, 3.05) is 11.9 Å². The summed E-state index contributed by atoms with van der Waals surface area (Å²) in [5.41, 5.74) is 1.82. The molecule has 1 aliphatic carbocycles. The van der Waals surface area contributed by atoms with Crippen LogP contribution in [0.3, 0.4) is 0 Å². The number of amides is 2. The van der Waals surface area contributed by atoms with Crippen LogP contribution in [0.1, 0.15) is 44.6 Å². The van der Waals surface area contributed by atoms with Crippen molar-refractivity contribution < 1.29 is 9.59 Å². The van der Waals surface area contributed by atoms with Crippen LogP contribution in [0.25, 0.3) is 0 Å². The van der Waals surface area contributed by atoms with Crippen LogP contribution in [0.5, 0.6) is 0 Å². The monoisotopic (exact) mass is 288 g/mol. The fourth-order valence-corrected chi connectivity index (χ4v) is 2.73. The number of hydrogen-bond donors (Lipinski definition) is 1. The van der Waals surface area contributed by atoms with Gasteiger partial charge < -0.3 is 10.2 Å². The first kappa shape index (κ1) is 15.5. The lowest BCUT2D eigenvalue weighted by Gasteiger charge is -2.22. The van der Waals surface area contributed by atoms with Gasteiger partial charge in [0, 0.05) is 25.7 Å². The van der Waals surface area contributed by atoms with Gasteiger partial charge >= 0.3 is 0 Å². The van der Waals surface area contributed by atoms with Gasteiger partial charge in [-0.25, -0.2) is 0 Å². The zero-order valence-electron chi connectivity index (χ0n) is 12.9. The van der Waals surface area contributed by atoms with E-state index in [2.05, 4.69) is 5.32 Å². The van der Waals surface area contributed by atoms with E-state index in [4.69, 9.17) is 0 Å². The molecule has 1 aromatic carbocycles. The number of hydrogen-bond acceptors (Lipinski definition) is 2. The van der Waals surface area contributed by atoms with E-state index in [-0.39, 0.29) is 11.8 Å². The molecule has 114 valence electrons. The molecule has 1 N–H and O–H groups in total. The van der Waals surface area contributed by atoms with Crippen LogP contribution in [0.4, 0.5) is 5.69 Å². The maximum absolute atomic E-state index is 12.0. The third-order valence-corrected chi connectivity index (χ3v) is 4.13. The number of anilines is 1. The predicted octanol–water partition coefficient (Wildman–Crippen LogP) is 2.66. The second-order valence-electron chi connectivity index (χ2n) is 5.82. The van der Waals surface area contributed by atoms with Gasteiger partial charge in [0.2, 0.25) is 11.8 Å². The van der Waals surface area contributed by atoms with Crippen LogP contribution in [0, 0.1) is 0 Å². The first-order valence-electron chi connectivity index (χ1n) is 7.69. The number of carbonyl (C=O) groups excluding carboxylic acids is 2. The summed E-state index contributed by atoms with van der Waals surface area (Å²) in [6.45, 7) is 1.53. The Morgan fingerprint density at radius 1 is 1.14 bits per heavy atom. The van der Waals surface area contributed by atoms with Crippen LogP contribution < -0.4 is 10.2 Å². The van der Waals surface area contributed by atoms with Crippen LogP contribution in [-0.4, -0.2) is 24.9 Å². The summed E-state index contributed by atoms with van der Waals surface area (Å²) >= 11 is 0. The van der Waals surface area contributed by atoms with Crippen LogP contribution in [0.15, 0.2) is 24.3 Å². The van der Waals surface area contributed by atoms with E-state index < -0.39 is 0 Å². The van der Waals surface area contributed by atoms with E-state index in [1.165, 1.54) is 26.2 Å². The van der Waals surface area contributed by atoms with Gasteiger partial charge in [-0.15, -0.1) is 0 Å². The molecular weight excluding hydrogens is 264 g/mol. The molecule has 0 aliphatic heterocycles. The molecule has 0 unspecified atom stereocenters. The molecule has 2 amide bonds. The van der Waals surface area contributed by atoms with Crippen molar-refractivity contribution in [3.63, 3.8) is 0 Å². The van der Waals surface area contributed by atoms with Gasteiger partial charge in [-0.2, -0.15) is 0 Å². The maximum atomic E-state index is 12.0. The predicted molar refractivity (Wildman–Crippen MR) is 84.2 cm³/mol. The first-order chi connectivity index (χ1) is 10.1. The Kier molecular flexibility index (Phi) is 5.37. The number of benzene rings is 1. The Bertz CT molecular complexity index is 490. The topological polar surface area (TPSA) is 49.4 Å². The molecule has 1 aromatic rings. The van der Waals surface area contributed by atoms with Crippen molar-refractivity contribution in [1.29, 1.82) is 0 Å². The second kappa shape index (κ2) is 7.25. The average molecular weight is 288 g/mol. The van der Waals surface area contributed by atoms with Gasteiger partial charge in [-0.05, 0) is 30.5 Å². The molecule has 0 atom stereocenters. The largest absolute Gasteiger partial charge is 0.353 e. The van der Waals surface area contributed by atoms with Crippen LogP contribution >= 0.6 is 0 Å². The molecule has 1 saturated carbocycles. The van der Waals surface area contributed by atoms with Crippen molar-refractivity contribution in [3.05, 3.63) is 29.8 Å². The third kappa shape index (κ3) is 4.59. The molecule has 0 saturated heterocycles. The first-order valence-corrected chi connectivity index (χ1v) is 7.69. The quantitative estimate of drug-likeness (QED) is 0.926. The summed E-state index contributed by atoms with van der Waals surface area (Å²) < 4.78 is 0. The molecule has 0 heterocycles. The molecule has 2 rings (SSSR count). The Balaban J connectivity index is 1.87. The summed E-state index contributed by atoms with van der Waals surface area (Å²) in [7, 11) is 1.74. The minimum Gasteiger partial charge on any atom is -0.353 e. The zero-order valence-corrected chi connectivity index (χ0v) is 12.9. The molecule has 21 heavy (non-hydrogen) atoms. The number of carbonyl (C=O) groups is 2. The highest BCUT2D eigenvalue weighted by molar-refractivity contribution is 5.90. The second-order valence-corrected chi connectivity index (χ2v) is 5.82. The molecular formula is C17H24N2O2. The summed E-state index contributed by atoms with van der Waals surface area (Å²) in [5, 5.41) is 3.12. The smallest absolute Gasteiger partial charge is 0.224 e. The number of nitrogens with one attached hydrogen (secondary N) is 1. The minimum absolute atomic E-state index is 0.00204. The number of nitrogens with zero attached hydrogens (tertiary/aromatic N) is 1. The van der Waals surface area contributed by atoms with Gasteiger partial charge in [0.1, 0.15) is 0 Å². The fourth-order valence-electron chi connectivity index (χ4n) is 2.73. The molecule has 4 heteroatoms. The van der Waals surface area contributed by atoms with Crippen molar-refractivity contribution in [1.82, 2.24) is 5.32 Å². The van der Waals surface area contributed by atoms with Crippen molar-refractivity contribution >= 4 is 17.5 Å². The molecule has 0 aromatic heterocycles. The molecule has 0 spiro atoms. The van der Waals surface area contributed by atoms with Gasteiger partial charge in [0.25, 0.3) is 0 Å². The minimum atomic E-state index is -0.00204. The van der Waals surface area contributed by atoms with Crippen molar-refractivity contribution in [3.8, 4) is 0 Å². The Labute approximate surface area is 126 Å². The average Bonchev–Trinajstić information content (AvgIpc) is 2.48. The third-order valence-electron chi connectivity index (χ3n) is 4.13. The Morgan fingerprint density at radius 3 is 2.33 bits per heavy atom. The van der Waals surface area contributed by atoms with Crippen LogP contribution in [0.2, 0.25) is 0 Å². The van der Waals surface area contributed by atoms with Crippen molar-refractivity contribution in [2.24, 2.45) is 0 Å². The van der Waals surface area contributed by atoms with Gasteiger partial charge in [-0.1, -0.05) is 31.4 Å².